The van der Waals surface area contributed by atoms with Crippen LogP contribution in [0.2, 0.25) is 5.02 Å². The maximum atomic E-state index is 12.6. The highest BCUT2D eigenvalue weighted by Gasteiger charge is 2.21. The lowest BCUT2D eigenvalue weighted by Crippen LogP contribution is -2.35. The molecule has 5 nitrogen and oxygen atoms in total. The first-order valence-electron chi connectivity index (χ1n) is 8.21. The number of aliphatic imine (C=N–C) groups is 1. The third kappa shape index (κ3) is 4.86. The number of benzene rings is 2. The standard InChI is InChI=1S/C19H18ClN3O2S/c20-15-9-5-4-8-14(15)18(25)22-16(13-6-2-1-3-7-13)12-17(24)23-19-21-10-11-26-19/h1-9,16H,10-12H2,(H,22,25)(H,21,23,24)/t16-/m0/s1. The zero-order chi connectivity index (χ0) is 18.4. The lowest BCUT2D eigenvalue weighted by molar-refractivity contribution is -0.120. The first-order chi connectivity index (χ1) is 12.6. The van der Waals surface area contributed by atoms with Crippen LogP contribution in [-0.2, 0) is 4.79 Å². The summed E-state index contributed by atoms with van der Waals surface area (Å²) < 4.78 is 0. The molecule has 0 aromatic heterocycles. The van der Waals surface area contributed by atoms with Crippen LogP contribution in [0.1, 0.15) is 28.4 Å². The van der Waals surface area contributed by atoms with Gasteiger partial charge in [-0.25, -0.2) is 0 Å². The molecule has 2 amide bonds. The van der Waals surface area contributed by atoms with Crippen molar-refractivity contribution in [2.45, 2.75) is 12.5 Å². The summed E-state index contributed by atoms with van der Waals surface area (Å²) in [4.78, 5) is 29.2. The van der Waals surface area contributed by atoms with Gasteiger partial charge >= 0.3 is 0 Å². The smallest absolute Gasteiger partial charge is 0.253 e. The molecule has 0 aliphatic carbocycles. The molecule has 1 aliphatic rings. The second kappa shape index (κ2) is 8.87. The van der Waals surface area contributed by atoms with Gasteiger partial charge in [-0.1, -0.05) is 65.8 Å². The molecule has 0 fully saturated rings. The number of nitrogens with zero attached hydrogens (tertiary/aromatic N) is 1. The summed E-state index contributed by atoms with van der Waals surface area (Å²) in [5.41, 5.74) is 1.23. The molecule has 0 radical (unpaired) electrons. The van der Waals surface area contributed by atoms with Crippen LogP contribution < -0.4 is 10.6 Å². The number of carbonyl (C=O) groups excluding carboxylic acids is 2. The van der Waals surface area contributed by atoms with E-state index in [2.05, 4.69) is 15.6 Å². The quantitative estimate of drug-likeness (QED) is 0.825. The lowest BCUT2D eigenvalue weighted by atomic mass is 10.0. The Morgan fingerprint density at radius 2 is 1.85 bits per heavy atom. The van der Waals surface area contributed by atoms with Crippen LogP contribution >= 0.6 is 23.4 Å². The molecule has 2 aromatic rings. The number of hydrogen-bond acceptors (Lipinski definition) is 4. The van der Waals surface area contributed by atoms with Crippen molar-refractivity contribution in [2.75, 3.05) is 12.3 Å². The first kappa shape index (κ1) is 18.5. The Bertz CT molecular complexity index is 827. The van der Waals surface area contributed by atoms with Crippen molar-refractivity contribution in [1.82, 2.24) is 10.6 Å². The molecule has 134 valence electrons. The molecule has 1 atom stereocenters. The van der Waals surface area contributed by atoms with Crippen LogP contribution in [0.25, 0.3) is 0 Å². The van der Waals surface area contributed by atoms with Crippen molar-refractivity contribution in [1.29, 1.82) is 0 Å². The molecule has 1 aliphatic heterocycles. The minimum atomic E-state index is -0.466. The fraction of sp³-hybridized carbons (Fsp3) is 0.211. The minimum Gasteiger partial charge on any atom is -0.345 e. The second-order valence-corrected chi connectivity index (χ2v) is 7.20. The normalized spacial score (nSPS) is 14.4. The predicted molar refractivity (Wildman–Crippen MR) is 106 cm³/mol. The van der Waals surface area contributed by atoms with Gasteiger partial charge in [-0.3, -0.25) is 14.6 Å². The number of carbonyl (C=O) groups is 2. The van der Waals surface area contributed by atoms with Gasteiger partial charge < -0.3 is 10.6 Å². The average molecular weight is 388 g/mol. The highest BCUT2D eigenvalue weighted by molar-refractivity contribution is 8.14. The van der Waals surface area contributed by atoms with E-state index in [0.29, 0.717) is 22.3 Å². The van der Waals surface area contributed by atoms with Crippen molar-refractivity contribution < 1.29 is 9.59 Å². The van der Waals surface area contributed by atoms with Crippen LogP contribution in [0, 0.1) is 0 Å². The zero-order valence-electron chi connectivity index (χ0n) is 13.9. The Kier molecular flexibility index (Phi) is 6.30. The average Bonchev–Trinajstić information content (AvgIpc) is 3.15. The van der Waals surface area contributed by atoms with E-state index < -0.39 is 6.04 Å². The molecule has 7 heteroatoms. The molecule has 0 unspecified atom stereocenters. The van der Waals surface area contributed by atoms with Gasteiger partial charge in [0.05, 0.1) is 29.6 Å². The molecule has 0 saturated carbocycles. The van der Waals surface area contributed by atoms with Crippen LogP contribution in [0.3, 0.4) is 0 Å². The summed E-state index contributed by atoms with van der Waals surface area (Å²) in [5, 5.41) is 6.73. The van der Waals surface area contributed by atoms with Crippen molar-refractivity contribution in [2.24, 2.45) is 4.99 Å². The fourth-order valence-electron chi connectivity index (χ4n) is 2.59. The van der Waals surface area contributed by atoms with Gasteiger partial charge in [-0.05, 0) is 17.7 Å². The van der Waals surface area contributed by atoms with E-state index in [4.69, 9.17) is 11.6 Å². The van der Waals surface area contributed by atoms with Crippen molar-refractivity contribution >= 4 is 40.3 Å². The number of nitrogens with one attached hydrogen (secondary N) is 2. The topological polar surface area (TPSA) is 70.6 Å². The summed E-state index contributed by atoms with van der Waals surface area (Å²) in [6.07, 6.45) is 0.111. The number of halogens is 1. The van der Waals surface area contributed by atoms with E-state index >= 15 is 0 Å². The molecule has 3 rings (SSSR count). The second-order valence-electron chi connectivity index (χ2n) is 5.70. The van der Waals surface area contributed by atoms with Crippen LogP contribution in [-0.4, -0.2) is 29.3 Å². The fourth-order valence-corrected chi connectivity index (χ4v) is 3.55. The van der Waals surface area contributed by atoms with Crippen LogP contribution in [0.5, 0.6) is 0 Å². The van der Waals surface area contributed by atoms with Gasteiger partial charge in [0.25, 0.3) is 5.91 Å². The molecular weight excluding hydrogens is 370 g/mol. The van der Waals surface area contributed by atoms with E-state index in [0.717, 1.165) is 11.3 Å². The van der Waals surface area contributed by atoms with Crippen LogP contribution in [0.15, 0.2) is 59.6 Å². The van der Waals surface area contributed by atoms with Gasteiger partial charge in [0.2, 0.25) is 5.91 Å². The molecule has 2 N–H and O–H groups in total. The summed E-state index contributed by atoms with van der Waals surface area (Å²) in [6, 6.07) is 15.8. The monoisotopic (exact) mass is 387 g/mol. The molecule has 1 heterocycles. The lowest BCUT2D eigenvalue weighted by Gasteiger charge is -2.19. The molecule has 0 bridgehead atoms. The molecular formula is C19H18ClN3O2S. The SMILES string of the molecule is O=C(C[C@H](NC(=O)c1ccccc1Cl)c1ccccc1)NC1=NCCS1. The third-order valence-electron chi connectivity index (χ3n) is 3.85. The highest BCUT2D eigenvalue weighted by Crippen LogP contribution is 2.20. The minimum absolute atomic E-state index is 0.111. The number of amides is 2. The Morgan fingerprint density at radius 3 is 2.54 bits per heavy atom. The number of rotatable bonds is 5. The maximum Gasteiger partial charge on any atom is 0.253 e. The maximum absolute atomic E-state index is 12.6. The number of hydrogen-bond donors (Lipinski definition) is 2. The summed E-state index contributed by atoms with van der Waals surface area (Å²) >= 11 is 7.63. The largest absolute Gasteiger partial charge is 0.345 e. The number of thioether (sulfide) groups is 1. The highest BCUT2D eigenvalue weighted by atomic mass is 35.5. The number of amidine groups is 1. The van der Waals surface area contributed by atoms with E-state index in [1.165, 1.54) is 11.8 Å². The van der Waals surface area contributed by atoms with Gasteiger partial charge in [0, 0.05) is 5.75 Å². The molecule has 2 aromatic carbocycles. The van der Waals surface area contributed by atoms with Crippen LogP contribution in [0.4, 0.5) is 0 Å². The van der Waals surface area contributed by atoms with Gasteiger partial charge in [-0.15, -0.1) is 0 Å². The van der Waals surface area contributed by atoms with E-state index in [-0.39, 0.29) is 18.2 Å². The van der Waals surface area contributed by atoms with Crippen molar-refractivity contribution in [3.05, 3.63) is 70.7 Å². The summed E-state index contributed by atoms with van der Waals surface area (Å²) in [7, 11) is 0. The van der Waals surface area contributed by atoms with Crippen molar-refractivity contribution in [3.63, 3.8) is 0 Å². The van der Waals surface area contributed by atoms with Gasteiger partial charge in [-0.2, -0.15) is 0 Å². The Labute approximate surface area is 161 Å². The zero-order valence-corrected chi connectivity index (χ0v) is 15.5. The summed E-state index contributed by atoms with van der Waals surface area (Å²) in [5.74, 6) is 0.373. The van der Waals surface area contributed by atoms with Gasteiger partial charge in [0.1, 0.15) is 0 Å². The Balaban J connectivity index is 1.74. The first-order valence-corrected chi connectivity index (χ1v) is 9.57. The van der Waals surface area contributed by atoms with Gasteiger partial charge in [0.15, 0.2) is 5.17 Å². The molecule has 0 spiro atoms. The summed E-state index contributed by atoms with van der Waals surface area (Å²) in [6.45, 7) is 0.714. The van der Waals surface area contributed by atoms with E-state index in [1.54, 1.807) is 24.3 Å². The molecule has 26 heavy (non-hydrogen) atoms. The Hall–Kier alpha value is -2.31. The predicted octanol–water partition coefficient (Wildman–Crippen LogP) is 3.42. The Morgan fingerprint density at radius 1 is 1.12 bits per heavy atom. The molecule has 0 saturated heterocycles. The third-order valence-corrected chi connectivity index (χ3v) is 5.07. The van der Waals surface area contributed by atoms with E-state index in [9.17, 15) is 9.59 Å². The van der Waals surface area contributed by atoms with Crippen molar-refractivity contribution in [3.8, 4) is 0 Å². The van der Waals surface area contributed by atoms with E-state index in [1.807, 2.05) is 30.3 Å².